The minimum atomic E-state index is -0.443. The standard InChI is InChI=1S/C25H23FN4O2S2/c1-2-14-29(16-20-11-8-15-33-20)24(31)18-34-25-28-27-23(30(25)19-9-4-3-5-10-19)17-32-22-13-7-6-12-21(22)26/h2-13,15H,1,14,16-18H2. The van der Waals surface area contributed by atoms with Crippen molar-refractivity contribution in [2.45, 2.75) is 18.3 Å². The molecule has 4 aromatic rings. The number of carbonyl (C=O) groups is 1. The molecule has 2 heterocycles. The molecule has 0 fully saturated rings. The second-order valence-electron chi connectivity index (χ2n) is 7.22. The Kier molecular flexibility index (Phi) is 8.11. The number of hydrogen-bond acceptors (Lipinski definition) is 6. The van der Waals surface area contributed by atoms with Crippen LogP contribution in [0.2, 0.25) is 0 Å². The first-order chi connectivity index (χ1) is 16.7. The number of rotatable bonds is 11. The van der Waals surface area contributed by atoms with Crippen LogP contribution >= 0.6 is 23.1 Å². The van der Waals surface area contributed by atoms with E-state index in [9.17, 15) is 9.18 Å². The number of benzene rings is 2. The smallest absolute Gasteiger partial charge is 0.233 e. The molecular weight excluding hydrogens is 471 g/mol. The Morgan fingerprint density at radius 3 is 2.65 bits per heavy atom. The van der Waals surface area contributed by atoms with Gasteiger partial charge in [-0.2, -0.15) is 0 Å². The molecule has 0 aliphatic rings. The predicted octanol–water partition coefficient (Wildman–Crippen LogP) is 5.35. The number of nitrogens with zero attached hydrogens (tertiary/aromatic N) is 4. The molecule has 0 aliphatic carbocycles. The average molecular weight is 495 g/mol. The molecular formula is C25H23FN4O2S2. The van der Waals surface area contributed by atoms with Crippen molar-refractivity contribution >= 4 is 29.0 Å². The van der Waals surface area contributed by atoms with Crippen LogP contribution in [-0.4, -0.2) is 37.9 Å². The van der Waals surface area contributed by atoms with Crippen molar-refractivity contribution in [1.29, 1.82) is 0 Å². The van der Waals surface area contributed by atoms with Crippen LogP contribution in [0.15, 0.2) is 89.9 Å². The first-order valence-corrected chi connectivity index (χ1v) is 12.4. The number of aromatic nitrogens is 3. The summed E-state index contributed by atoms with van der Waals surface area (Å²) < 4.78 is 21.5. The number of para-hydroxylation sites is 2. The van der Waals surface area contributed by atoms with Gasteiger partial charge in [-0.05, 0) is 35.7 Å². The number of amides is 1. The van der Waals surface area contributed by atoms with Gasteiger partial charge in [0.25, 0.3) is 0 Å². The van der Waals surface area contributed by atoms with Gasteiger partial charge in [0.1, 0.15) is 6.61 Å². The lowest BCUT2D eigenvalue weighted by molar-refractivity contribution is -0.128. The molecule has 0 atom stereocenters. The lowest BCUT2D eigenvalue weighted by Crippen LogP contribution is -2.31. The van der Waals surface area contributed by atoms with Gasteiger partial charge in [-0.15, -0.1) is 28.1 Å². The van der Waals surface area contributed by atoms with Crippen LogP contribution in [0, 0.1) is 5.82 Å². The first-order valence-electron chi connectivity index (χ1n) is 10.6. The normalized spacial score (nSPS) is 10.7. The van der Waals surface area contributed by atoms with Crippen LogP contribution in [0.5, 0.6) is 5.75 Å². The average Bonchev–Trinajstić information content (AvgIpc) is 3.52. The SMILES string of the molecule is C=CCN(Cc1cccs1)C(=O)CSc1nnc(COc2ccccc2F)n1-c1ccccc1. The Labute approximate surface area is 205 Å². The summed E-state index contributed by atoms with van der Waals surface area (Å²) in [5.74, 6) is 0.374. The molecule has 1 amide bonds. The van der Waals surface area contributed by atoms with E-state index in [1.54, 1.807) is 40.5 Å². The molecule has 0 radical (unpaired) electrons. The lowest BCUT2D eigenvalue weighted by Gasteiger charge is -2.20. The Morgan fingerprint density at radius 2 is 1.91 bits per heavy atom. The van der Waals surface area contributed by atoms with Gasteiger partial charge < -0.3 is 9.64 Å². The number of hydrogen-bond donors (Lipinski definition) is 0. The number of ether oxygens (including phenoxy) is 1. The largest absolute Gasteiger partial charge is 0.483 e. The van der Waals surface area contributed by atoms with Gasteiger partial charge in [0.2, 0.25) is 5.91 Å². The summed E-state index contributed by atoms with van der Waals surface area (Å²) in [5.41, 5.74) is 0.830. The monoisotopic (exact) mass is 494 g/mol. The van der Waals surface area contributed by atoms with Crippen LogP contribution in [0.4, 0.5) is 4.39 Å². The Balaban J connectivity index is 1.51. The molecule has 9 heteroatoms. The molecule has 0 saturated heterocycles. The third kappa shape index (κ3) is 5.92. The van der Waals surface area contributed by atoms with E-state index in [-0.39, 0.29) is 24.0 Å². The van der Waals surface area contributed by atoms with Gasteiger partial charge in [0.15, 0.2) is 22.5 Å². The number of thiophene rings is 1. The minimum Gasteiger partial charge on any atom is -0.483 e. The molecule has 0 aliphatic heterocycles. The number of halogens is 1. The highest BCUT2D eigenvalue weighted by Crippen LogP contribution is 2.24. The maximum atomic E-state index is 14.0. The van der Waals surface area contributed by atoms with E-state index in [0.29, 0.717) is 24.1 Å². The predicted molar refractivity (Wildman–Crippen MR) is 133 cm³/mol. The second kappa shape index (κ2) is 11.6. The van der Waals surface area contributed by atoms with E-state index < -0.39 is 5.82 Å². The van der Waals surface area contributed by atoms with Crippen molar-refractivity contribution in [3.63, 3.8) is 0 Å². The molecule has 174 valence electrons. The quantitative estimate of drug-likeness (QED) is 0.208. The number of carbonyl (C=O) groups excluding carboxylic acids is 1. The van der Waals surface area contributed by atoms with E-state index in [0.717, 1.165) is 10.6 Å². The van der Waals surface area contributed by atoms with Crippen LogP contribution in [0.25, 0.3) is 5.69 Å². The fraction of sp³-hybridized carbons (Fsp3) is 0.160. The van der Waals surface area contributed by atoms with Crippen LogP contribution in [0.1, 0.15) is 10.7 Å². The highest BCUT2D eigenvalue weighted by Gasteiger charge is 2.19. The summed E-state index contributed by atoms with van der Waals surface area (Å²) in [6, 6.07) is 19.8. The summed E-state index contributed by atoms with van der Waals surface area (Å²) in [4.78, 5) is 15.8. The van der Waals surface area contributed by atoms with Crippen molar-refractivity contribution in [2.24, 2.45) is 0 Å². The summed E-state index contributed by atoms with van der Waals surface area (Å²) >= 11 is 2.91. The van der Waals surface area contributed by atoms with Gasteiger partial charge in [-0.25, -0.2) is 4.39 Å². The minimum absolute atomic E-state index is 0.0231. The van der Waals surface area contributed by atoms with Crippen molar-refractivity contribution in [3.8, 4) is 11.4 Å². The number of thioether (sulfide) groups is 1. The van der Waals surface area contributed by atoms with Gasteiger partial charge >= 0.3 is 0 Å². The maximum absolute atomic E-state index is 14.0. The molecule has 0 spiro atoms. The first kappa shape index (κ1) is 23.7. The van der Waals surface area contributed by atoms with Gasteiger partial charge in [0.05, 0.1) is 12.3 Å². The van der Waals surface area contributed by atoms with Crippen LogP contribution in [0.3, 0.4) is 0 Å². The zero-order valence-electron chi connectivity index (χ0n) is 18.3. The Morgan fingerprint density at radius 1 is 1.12 bits per heavy atom. The summed E-state index contributed by atoms with van der Waals surface area (Å²) in [6.45, 7) is 4.80. The zero-order valence-corrected chi connectivity index (χ0v) is 20.0. The highest BCUT2D eigenvalue weighted by atomic mass is 32.2. The molecule has 34 heavy (non-hydrogen) atoms. The lowest BCUT2D eigenvalue weighted by atomic mass is 10.3. The molecule has 0 unspecified atom stereocenters. The topological polar surface area (TPSA) is 60.3 Å². The summed E-state index contributed by atoms with van der Waals surface area (Å²) in [7, 11) is 0. The fourth-order valence-corrected chi connectivity index (χ4v) is 4.84. The van der Waals surface area contributed by atoms with Gasteiger partial charge in [-0.3, -0.25) is 9.36 Å². The highest BCUT2D eigenvalue weighted by molar-refractivity contribution is 7.99. The fourth-order valence-electron chi connectivity index (χ4n) is 3.25. The zero-order chi connectivity index (χ0) is 23.8. The molecule has 6 nitrogen and oxygen atoms in total. The molecule has 2 aromatic heterocycles. The molecule has 0 saturated carbocycles. The molecule has 0 bridgehead atoms. The Bertz CT molecular complexity index is 1230. The van der Waals surface area contributed by atoms with Gasteiger partial charge in [-0.1, -0.05) is 54.2 Å². The summed E-state index contributed by atoms with van der Waals surface area (Å²) in [6.07, 6.45) is 1.72. The molecule has 4 rings (SSSR count). The van der Waals surface area contributed by atoms with Crippen molar-refractivity contribution < 1.29 is 13.9 Å². The Hall–Kier alpha value is -3.43. The van der Waals surface area contributed by atoms with E-state index in [1.165, 1.54) is 17.8 Å². The van der Waals surface area contributed by atoms with Crippen molar-refractivity contribution in [2.75, 3.05) is 12.3 Å². The van der Waals surface area contributed by atoms with Crippen LogP contribution in [-0.2, 0) is 17.9 Å². The second-order valence-corrected chi connectivity index (χ2v) is 9.19. The molecule has 0 N–H and O–H groups in total. The van der Waals surface area contributed by atoms with Crippen molar-refractivity contribution in [3.05, 3.63) is 101 Å². The molecule has 2 aromatic carbocycles. The van der Waals surface area contributed by atoms with E-state index in [2.05, 4.69) is 16.8 Å². The third-order valence-corrected chi connectivity index (χ3v) is 6.64. The van der Waals surface area contributed by atoms with Crippen LogP contribution < -0.4 is 4.74 Å². The van der Waals surface area contributed by atoms with Gasteiger partial charge in [0, 0.05) is 17.1 Å². The third-order valence-electron chi connectivity index (χ3n) is 4.86. The summed E-state index contributed by atoms with van der Waals surface area (Å²) in [5, 5.41) is 11.1. The van der Waals surface area contributed by atoms with E-state index in [1.807, 2.05) is 52.4 Å². The van der Waals surface area contributed by atoms with E-state index >= 15 is 0 Å². The maximum Gasteiger partial charge on any atom is 0.233 e. The van der Waals surface area contributed by atoms with E-state index in [4.69, 9.17) is 4.74 Å². The van der Waals surface area contributed by atoms with Crippen molar-refractivity contribution in [1.82, 2.24) is 19.7 Å².